The van der Waals surface area contributed by atoms with E-state index in [2.05, 4.69) is 16.0 Å². The highest BCUT2D eigenvalue weighted by Crippen LogP contribution is 2.12. The van der Waals surface area contributed by atoms with Crippen molar-refractivity contribution in [1.82, 2.24) is 16.0 Å². The average Bonchev–Trinajstić information content (AvgIpc) is 2.92. The summed E-state index contributed by atoms with van der Waals surface area (Å²) >= 11 is 0. The Kier molecular flexibility index (Phi) is 12.9. The number of rotatable bonds is 16. The number of phenolic OH excluding ortho intramolecular Hbond substituents is 1. The summed E-state index contributed by atoms with van der Waals surface area (Å²) < 4.78 is 0. The number of phenols is 1. The van der Waals surface area contributed by atoms with Gasteiger partial charge in [-0.2, -0.15) is 0 Å². The van der Waals surface area contributed by atoms with Gasteiger partial charge in [0.25, 0.3) is 0 Å². The topological polar surface area (TPSA) is 217 Å². The molecular formula is C27H37N5O7. The lowest BCUT2D eigenvalue weighted by Crippen LogP contribution is -2.58. The van der Waals surface area contributed by atoms with Crippen molar-refractivity contribution in [3.63, 3.8) is 0 Å². The van der Waals surface area contributed by atoms with Crippen molar-refractivity contribution in [3.05, 3.63) is 65.7 Å². The summed E-state index contributed by atoms with van der Waals surface area (Å²) in [5.41, 5.74) is 12.5. The number of aliphatic carboxylic acids is 1. The second-order valence-electron chi connectivity index (χ2n) is 9.16. The number of carbonyl (C=O) groups is 4. The number of aromatic hydroxyl groups is 1. The van der Waals surface area contributed by atoms with Crippen LogP contribution in [-0.4, -0.2) is 76.3 Å². The number of benzene rings is 2. The Bertz CT molecular complexity index is 1080. The standard InChI is InChI=1S/C27H37N5O7/c28-13-5-4-8-21(25(36)32-23(27(38)39)15-18-9-11-19(34)12-10-18)30-26(37)22(31-24(35)20(29)16-33)14-17-6-2-1-3-7-17/h1-3,6-7,9-12,20-23,33-34H,4-5,8,13-16,28-29H2,(H,30,37)(H,31,35)(H,32,36)(H,38,39). The van der Waals surface area contributed by atoms with Crippen molar-refractivity contribution in [2.75, 3.05) is 13.2 Å². The summed E-state index contributed by atoms with van der Waals surface area (Å²) in [7, 11) is 0. The Morgan fingerprint density at radius 2 is 1.28 bits per heavy atom. The number of hydrogen-bond donors (Lipinski definition) is 8. The second kappa shape index (κ2) is 16.1. The van der Waals surface area contributed by atoms with Gasteiger partial charge in [0, 0.05) is 12.8 Å². The van der Waals surface area contributed by atoms with Crippen molar-refractivity contribution in [2.45, 2.75) is 56.3 Å². The lowest BCUT2D eigenvalue weighted by Gasteiger charge is -2.25. The Morgan fingerprint density at radius 1 is 0.744 bits per heavy atom. The van der Waals surface area contributed by atoms with Gasteiger partial charge in [0.2, 0.25) is 17.7 Å². The molecule has 10 N–H and O–H groups in total. The van der Waals surface area contributed by atoms with Crippen LogP contribution in [0.25, 0.3) is 0 Å². The predicted octanol–water partition coefficient (Wildman–Crippen LogP) is -0.835. The maximum Gasteiger partial charge on any atom is 0.326 e. The van der Waals surface area contributed by atoms with Gasteiger partial charge < -0.3 is 42.7 Å². The molecule has 4 unspecified atom stereocenters. The number of amides is 3. The molecule has 4 atom stereocenters. The summed E-state index contributed by atoms with van der Waals surface area (Å²) in [6.07, 6.45) is 1.28. The first-order chi connectivity index (χ1) is 18.6. The molecule has 0 bridgehead atoms. The number of unbranched alkanes of at least 4 members (excludes halogenated alkanes) is 1. The zero-order valence-electron chi connectivity index (χ0n) is 21.6. The van der Waals surface area contributed by atoms with Gasteiger partial charge in [0.15, 0.2) is 0 Å². The lowest BCUT2D eigenvalue weighted by molar-refractivity contribution is -0.142. The van der Waals surface area contributed by atoms with Gasteiger partial charge in [0.05, 0.1) is 6.61 Å². The van der Waals surface area contributed by atoms with Crippen LogP contribution in [0.3, 0.4) is 0 Å². The molecule has 2 rings (SSSR count). The van der Waals surface area contributed by atoms with Gasteiger partial charge >= 0.3 is 5.97 Å². The van der Waals surface area contributed by atoms with Crippen LogP contribution in [-0.2, 0) is 32.0 Å². The van der Waals surface area contributed by atoms with Crippen LogP contribution in [0.1, 0.15) is 30.4 Å². The maximum atomic E-state index is 13.3. The van der Waals surface area contributed by atoms with E-state index in [0.29, 0.717) is 24.9 Å². The third-order valence-corrected chi connectivity index (χ3v) is 6.02. The molecule has 0 saturated carbocycles. The first kappa shape index (κ1) is 31.2. The Labute approximate surface area is 226 Å². The molecule has 0 spiro atoms. The molecule has 12 heteroatoms. The molecule has 0 radical (unpaired) electrons. The fourth-order valence-corrected chi connectivity index (χ4v) is 3.79. The normalized spacial score (nSPS) is 13.9. The minimum absolute atomic E-state index is 0.0226. The Morgan fingerprint density at radius 3 is 1.87 bits per heavy atom. The fraction of sp³-hybridized carbons (Fsp3) is 0.407. The summed E-state index contributed by atoms with van der Waals surface area (Å²) in [5.74, 6) is -3.36. The summed E-state index contributed by atoms with van der Waals surface area (Å²) in [6.45, 7) is -0.250. The smallest absolute Gasteiger partial charge is 0.326 e. The van der Waals surface area contributed by atoms with Crippen molar-refractivity contribution >= 4 is 23.7 Å². The molecule has 212 valence electrons. The van der Waals surface area contributed by atoms with E-state index in [4.69, 9.17) is 11.5 Å². The third-order valence-electron chi connectivity index (χ3n) is 6.02. The van der Waals surface area contributed by atoms with Crippen LogP contribution in [0.15, 0.2) is 54.6 Å². The third kappa shape index (κ3) is 10.7. The van der Waals surface area contributed by atoms with Crippen LogP contribution < -0.4 is 27.4 Å². The van der Waals surface area contributed by atoms with Crippen LogP contribution in [0.2, 0.25) is 0 Å². The van der Waals surface area contributed by atoms with E-state index in [9.17, 15) is 34.5 Å². The Balaban J connectivity index is 2.20. The monoisotopic (exact) mass is 543 g/mol. The fourth-order valence-electron chi connectivity index (χ4n) is 3.79. The van der Waals surface area contributed by atoms with Crippen LogP contribution in [0.5, 0.6) is 5.75 Å². The molecule has 2 aromatic rings. The van der Waals surface area contributed by atoms with E-state index in [1.165, 1.54) is 12.1 Å². The van der Waals surface area contributed by atoms with Gasteiger partial charge in [-0.15, -0.1) is 0 Å². The van der Waals surface area contributed by atoms with Crippen LogP contribution in [0.4, 0.5) is 0 Å². The van der Waals surface area contributed by atoms with Crippen molar-refractivity contribution in [2.24, 2.45) is 11.5 Å². The van der Waals surface area contributed by atoms with Crippen molar-refractivity contribution in [3.8, 4) is 5.75 Å². The van der Waals surface area contributed by atoms with Gasteiger partial charge in [-0.05, 0) is 49.1 Å². The van der Waals surface area contributed by atoms with Gasteiger partial charge in [-0.25, -0.2) is 4.79 Å². The number of nitrogens with one attached hydrogen (secondary N) is 3. The molecule has 0 aliphatic rings. The molecule has 0 fully saturated rings. The van der Waals surface area contributed by atoms with Crippen LogP contribution in [0, 0.1) is 0 Å². The van der Waals surface area contributed by atoms with Crippen molar-refractivity contribution < 1.29 is 34.5 Å². The number of carboxylic acid groups (broad SMARTS) is 1. The molecule has 0 heterocycles. The van der Waals surface area contributed by atoms with E-state index in [-0.39, 0.29) is 25.0 Å². The largest absolute Gasteiger partial charge is 0.508 e. The maximum absolute atomic E-state index is 13.3. The zero-order valence-corrected chi connectivity index (χ0v) is 21.6. The average molecular weight is 544 g/mol. The van der Waals surface area contributed by atoms with Crippen molar-refractivity contribution in [1.29, 1.82) is 0 Å². The van der Waals surface area contributed by atoms with E-state index in [1.54, 1.807) is 42.5 Å². The number of aliphatic hydroxyl groups is 1. The minimum atomic E-state index is -1.29. The molecule has 0 aliphatic carbocycles. The highest BCUT2D eigenvalue weighted by molar-refractivity contribution is 5.94. The molecule has 12 nitrogen and oxygen atoms in total. The minimum Gasteiger partial charge on any atom is -0.508 e. The molecule has 0 aromatic heterocycles. The molecule has 0 saturated heterocycles. The number of carboxylic acids is 1. The SMILES string of the molecule is NCCCCC(NC(=O)C(Cc1ccccc1)NC(=O)C(N)CO)C(=O)NC(Cc1ccc(O)cc1)C(=O)O. The quantitative estimate of drug-likeness (QED) is 0.124. The Hall–Kier alpha value is -4.00. The van der Waals surface area contributed by atoms with E-state index in [1.807, 2.05) is 0 Å². The van der Waals surface area contributed by atoms with E-state index < -0.39 is 54.5 Å². The summed E-state index contributed by atoms with van der Waals surface area (Å²) in [6, 6.07) is 10.0. The highest BCUT2D eigenvalue weighted by Gasteiger charge is 2.30. The van der Waals surface area contributed by atoms with Crippen LogP contribution >= 0.6 is 0 Å². The van der Waals surface area contributed by atoms with Gasteiger partial charge in [-0.3, -0.25) is 14.4 Å². The van der Waals surface area contributed by atoms with Gasteiger partial charge in [-0.1, -0.05) is 42.5 Å². The molecule has 39 heavy (non-hydrogen) atoms. The van der Waals surface area contributed by atoms with E-state index in [0.717, 1.165) is 5.56 Å². The summed E-state index contributed by atoms with van der Waals surface area (Å²) in [5, 5.41) is 36.0. The number of carbonyl (C=O) groups excluding carboxylic acids is 3. The predicted molar refractivity (Wildman–Crippen MR) is 143 cm³/mol. The first-order valence-electron chi connectivity index (χ1n) is 12.7. The lowest BCUT2D eigenvalue weighted by atomic mass is 10.0. The molecule has 0 aliphatic heterocycles. The highest BCUT2D eigenvalue weighted by atomic mass is 16.4. The summed E-state index contributed by atoms with van der Waals surface area (Å²) in [4.78, 5) is 50.8. The number of hydrogen-bond acceptors (Lipinski definition) is 8. The molecule has 3 amide bonds. The number of aliphatic hydroxyl groups excluding tert-OH is 1. The molecular weight excluding hydrogens is 506 g/mol. The van der Waals surface area contributed by atoms with Gasteiger partial charge in [0.1, 0.15) is 29.9 Å². The zero-order chi connectivity index (χ0) is 28.8. The molecule has 2 aromatic carbocycles. The first-order valence-corrected chi connectivity index (χ1v) is 12.7. The second-order valence-corrected chi connectivity index (χ2v) is 9.16. The van der Waals surface area contributed by atoms with E-state index >= 15 is 0 Å². The number of nitrogens with two attached hydrogens (primary N) is 2.